The first-order valence-corrected chi connectivity index (χ1v) is 8.05. The molecule has 0 aromatic heterocycles. The van der Waals surface area contributed by atoms with Crippen LogP contribution in [0.3, 0.4) is 0 Å². The van der Waals surface area contributed by atoms with Crippen LogP contribution in [0.25, 0.3) is 0 Å². The molecule has 2 aliphatic heterocycles. The van der Waals surface area contributed by atoms with Crippen molar-refractivity contribution >= 4 is 17.5 Å². The molecule has 2 amide bonds. The molecule has 3 rings (SSSR count). The summed E-state index contributed by atoms with van der Waals surface area (Å²) in [4.78, 5) is 28.2. The summed E-state index contributed by atoms with van der Waals surface area (Å²) in [6.07, 6.45) is 3.48. The molecular weight excluding hydrogens is 278 g/mol. The Balaban J connectivity index is 1.76. The van der Waals surface area contributed by atoms with Crippen LogP contribution >= 0.6 is 0 Å². The van der Waals surface area contributed by atoms with Gasteiger partial charge in [0.15, 0.2) is 0 Å². The lowest BCUT2D eigenvalue weighted by atomic mass is 10.0. The van der Waals surface area contributed by atoms with E-state index >= 15 is 0 Å². The number of anilines is 1. The topological polar surface area (TPSA) is 52.7 Å². The Hall–Kier alpha value is -1.88. The Bertz CT molecular complexity index is 567. The largest absolute Gasteiger partial charge is 0.339 e. The van der Waals surface area contributed by atoms with Crippen molar-refractivity contribution in [1.29, 1.82) is 0 Å². The zero-order chi connectivity index (χ0) is 15.5. The van der Waals surface area contributed by atoms with Crippen molar-refractivity contribution < 1.29 is 9.59 Å². The summed E-state index contributed by atoms with van der Waals surface area (Å²) in [5, 5.41) is 3.32. The van der Waals surface area contributed by atoms with Gasteiger partial charge < -0.3 is 15.1 Å². The smallest absolute Gasteiger partial charge is 0.253 e. The van der Waals surface area contributed by atoms with E-state index in [9.17, 15) is 9.59 Å². The highest BCUT2D eigenvalue weighted by atomic mass is 16.2. The molecule has 0 saturated carbocycles. The first kappa shape index (κ1) is 15.0. The van der Waals surface area contributed by atoms with Crippen molar-refractivity contribution in [3.63, 3.8) is 0 Å². The van der Waals surface area contributed by atoms with Crippen LogP contribution in [0.4, 0.5) is 5.69 Å². The molecule has 0 radical (unpaired) electrons. The molecule has 5 nitrogen and oxygen atoms in total. The zero-order valence-corrected chi connectivity index (χ0v) is 13.0. The highest BCUT2D eigenvalue weighted by Gasteiger charge is 2.25. The van der Waals surface area contributed by atoms with Gasteiger partial charge in [-0.3, -0.25) is 9.59 Å². The van der Waals surface area contributed by atoms with Crippen molar-refractivity contribution in [3.05, 3.63) is 29.8 Å². The first-order chi connectivity index (χ1) is 10.7. The van der Waals surface area contributed by atoms with Gasteiger partial charge in [-0.1, -0.05) is 6.07 Å². The molecule has 0 spiro atoms. The Morgan fingerprint density at radius 1 is 1.32 bits per heavy atom. The standard InChI is InChI=1S/C17H23N3O2/c1-19(14-7-9-18-10-8-14)17(22)13-4-2-5-15(12-13)20-11-3-6-16(20)21/h2,4-5,12,14,18H,3,6-11H2,1H3. The van der Waals surface area contributed by atoms with Gasteiger partial charge in [-0.05, 0) is 50.6 Å². The summed E-state index contributed by atoms with van der Waals surface area (Å²) in [7, 11) is 1.88. The van der Waals surface area contributed by atoms with Crippen LogP contribution in [0.2, 0.25) is 0 Å². The number of amides is 2. The minimum Gasteiger partial charge on any atom is -0.339 e. The highest BCUT2D eigenvalue weighted by Crippen LogP contribution is 2.23. The molecule has 2 heterocycles. The minimum absolute atomic E-state index is 0.0420. The lowest BCUT2D eigenvalue weighted by Crippen LogP contribution is -2.44. The number of piperidine rings is 1. The number of rotatable bonds is 3. The van der Waals surface area contributed by atoms with Crippen LogP contribution in [0, 0.1) is 0 Å². The van der Waals surface area contributed by atoms with Crippen LogP contribution in [-0.4, -0.2) is 49.4 Å². The molecular formula is C17H23N3O2. The van der Waals surface area contributed by atoms with Gasteiger partial charge in [0.1, 0.15) is 0 Å². The quantitative estimate of drug-likeness (QED) is 0.923. The van der Waals surface area contributed by atoms with Crippen molar-refractivity contribution in [2.45, 2.75) is 31.7 Å². The molecule has 1 aromatic rings. The highest BCUT2D eigenvalue weighted by molar-refractivity contribution is 5.99. The Morgan fingerprint density at radius 3 is 2.77 bits per heavy atom. The summed E-state index contributed by atoms with van der Waals surface area (Å²) in [6.45, 7) is 2.68. The summed E-state index contributed by atoms with van der Waals surface area (Å²) in [5.41, 5.74) is 1.50. The van der Waals surface area contributed by atoms with Crippen LogP contribution < -0.4 is 10.2 Å². The lowest BCUT2D eigenvalue weighted by Gasteiger charge is -2.32. The monoisotopic (exact) mass is 301 g/mol. The second kappa shape index (κ2) is 6.48. The molecule has 2 fully saturated rings. The van der Waals surface area contributed by atoms with Crippen LogP contribution in [0.1, 0.15) is 36.0 Å². The molecule has 22 heavy (non-hydrogen) atoms. The maximum atomic E-state index is 12.7. The molecule has 0 unspecified atom stereocenters. The van der Waals surface area contributed by atoms with Crippen LogP contribution in [0.15, 0.2) is 24.3 Å². The van der Waals surface area contributed by atoms with Crippen molar-refractivity contribution in [3.8, 4) is 0 Å². The van der Waals surface area contributed by atoms with Crippen molar-refractivity contribution in [1.82, 2.24) is 10.2 Å². The van der Waals surface area contributed by atoms with Gasteiger partial charge in [-0.25, -0.2) is 0 Å². The van der Waals surface area contributed by atoms with Gasteiger partial charge in [0.25, 0.3) is 5.91 Å². The Kier molecular flexibility index (Phi) is 4.43. The number of nitrogens with zero attached hydrogens (tertiary/aromatic N) is 2. The van der Waals surface area contributed by atoms with E-state index in [1.54, 1.807) is 4.90 Å². The number of benzene rings is 1. The van der Waals surface area contributed by atoms with E-state index in [1.165, 1.54) is 0 Å². The van der Waals surface area contributed by atoms with E-state index in [-0.39, 0.29) is 11.8 Å². The van der Waals surface area contributed by atoms with Gasteiger partial charge in [0, 0.05) is 37.3 Å². The minimum atomic E-state index is 0.0420. The summed E-state index contributed by atoms with van der Waals surface area (Å²) < 4.78 is 0. The first-order valence-electron chi connectivity index (χ1n) is 8.05. The Morgan fingerprint density at radius 2 is 2.09 bits per heavy atom. The fourth-order valence-corrected chi connectivity index (χ4v) is 3.29. The zero-order valence-electron chi connectivity index (χ0n) is 13.0. The molecule has 0 bridgehead atoms. The van der Waals surface area contributed by atoms with Gasteiger partial charge >= 0.3 is 0 Å². The van der Waals surface area contributed by atoms with Crippen molar-refractivity contribution in [2.75, 3.05) is 31.6 Å². The number of carbonyl (C=O) groups excluding carboxylic acids is 2. The van der Waals surface area contributed by atoms with Crippen molar-refractivity contribution in [2.24, 2.45) is 0 Å². The van der Waals surface area contributed by atoms with Gasteiger partial charge in [0.05, 0.1) is 0 Å². The third-order valence-electron chi connectivity index (χ3n) is 4.65. The van der Waals surface area contributed by atoms with Gasteiger partial charge in [-0.15, -0.1) is 0 Å². The Labute approximate surface area is 131 Å². The molecule has 0 atom stereocenters. The van der Waals surface area contributed by atoms with E-state index in [4.69, 9.17) is 0 Å². The molecule has 2 aliphatic rings. The van der Waals surface area contributed by atoms with Crippen LogP contribution in [-0.2, 0) is 4.79 Å². The fraction of sp³-hybridized carbons (Fsp3) is 0.529. The molecule has 0 aliphatic carbocycles. The lowest BCUT2D eigenvalue weighted by molar-refractivity contribution is -0.117. The molecule has 118 valence electrons. The predicted octanol–water partition coefficient (Wildman–Crippen LogP) is 1.64. The summed E-state index contributed by atoms with van der Waals surface area (Å²) in [6, 6.07) is 7.76. The molecule has 2 saturated heterocycles. The second-order valence-corrected chi connectivity index (χ2v) is 6.10. The number of hydrogen-bond acceptors (Lipinski definition) is 3. The van der Waals surface area contributed by atoms with E-state index in [0.717, 1.165) is 44.6 Å². The average Bonchev–Trinajstić information content (AvgIpc) is 3.00. The SMILES string of the molecule is CN(C(=O)c1cccc(N2CCCC2=O)c1)C1CCNCC1. The molecule has 5 heteroatoms. The van der Waals surface area contributed by atoms with E-state index in [1.807, 2.05) is 36.2 Å². The number of hydrogen-bond donors (Lipinski definition) is 1. The number of nitrogens with one attached hydrogen (secondary N) is 1. The third kappa shape index (κ3) is 2.99. The molecule has 1 aromatic carbocycles. The average molecular weight is 301 g/mol. The summed E-state index contributed by atoms with van der Waals surface area (Å²) in [5.74, 6) is 0.191. The normalized spacial score (nSPS) is 19.5. The van der Waals surface area contributed by atoms with E-state index < -0.39 is 0 Å². The number of carbonyl (C=O) groups is 2. The predicted molar refractivity (Wildman–Crippen MR) is 86.0 cm³/mol. The third-order valence-corrected chi connectivity index (χ3v) is 4.65. The maximum absolute atomic E-state index is 12.7. The fourth-order valence-electron chi connectivity index (χ4n) is 3.29. The summed E-state index contributed by atoms with van der Waals surface area (Å²) >= 11 is 0. The van der Waals surface area contributed by atoms with E-state index in [0.29, 0.717) is 18.0 Å². The van der Waals surface area contributed by atoms with E-state index in [2.05, 4.69) is 5.32 Å². The molecule has 1 N–H and O–H groups in total. The second-order valence-electron chi connectivity index (χ2n) is 6.10. The maximum Gasteiger partial charge on any atom is 0.253 e. The van der Waals surface area contributed by atoms with Gasteiger partial charge in [-0.2, -0.15) is 0 Å². The van der Waals surface area contributed by atoms with Gasteiger partial charge in [0.2, 0.25) is 5.91 Å². The van der Waals surface area contributed by atoms with Crippen LogP contribution in [0.5, 0.6) is 0 Å².